The van der Waals surface area contributed by atoms with Crippen molar-refractivity contribution in [3.8, 4) is 21.6 Å². The van der Waals surface area contributed by atoms with Crippen LogP contribution in [0.3, 0.4) is 0 Å². The van der Waals surface area contributed by atoms with Crippen LogP contribution in [0.5, 0.6) is 0 Å². The number of aromatic nitrogens is 1. The van der Waals surface area contributed by atoms with Gasteiger partial charge in [0.1, 0.15) is 5.82 Å². The summed E-state index contributed by atoms with van der Waals surface area (Å²) in [6.07, 6.45) is 3.50. The number of hydrogen-bond donors (Lipinski definition) is 1. The molecule has 0 aliphatic carbocycles. The van der Waals surface area contributed by atoms with Gasteiger partial charge >= 0.3 is 0 Å². The van der Waals surface area contributed by atoms with E-state index in [0.29, 0.717) is 6.54 Å². The first kappa shape index (κ1) is 17.3. The molecule has 3 nitrogen and oxygen atoms in total. The van der Waals surface area contributed by atoms with Gasteiger partial charge < -0.3 is 5.32 Å². The number of nitrogens with one attached hydrogen (secondary N) is 1. The Kier molecular flexibility index (Phi) is 5.24. The zero-order valence-electron chi connectivity index (χ0n) is 14.1. The summed E-state index contributed by atoms with van der Waals surface area (Å²) in [5.41, 5.74) is 3.07. The molecular weight excluding hydrogens is 335 g/mol. The molecule has 1 N–H and O–H groups in total. The van der Waals surface area contributed by atoms with E-state index in [0.717, 1.165) is 26.4 Å². The van der Waals surface area contributed by atoms with Gasteiger partial charge in [0.05, 0.1) is 6.54 Å². The van der Waals surface area contributed by atoms with Gasteiger partial charge in [-0.15, -0.1) is 11.3 Å². The minimum atomic E-state index is -0.254. The first-order valence-corrected chi connectivity index (χ1v) is 8.93. The fraction of sp³-hybridized carbons (Fsp3) is 0.200. The minimum absolute atomic E-state index is 0.0298. The van der Waals surface area contributed by atoms with Crippen LogP contribution < -0.4 is 5.32 Å². The number of thiophene rings is 1. The summed E-state index contributed by atoms with van der Waals surface area (Å²) in [6.45, 7) is 4.23. The van der Waals surface area contributed by atoms with Crippen LogP contribution in [0.4, 0.5) is 4.39 Å². The van der Waals surface area contributed by atoms with Crippen molar-refractivity contribution < 1.29 is 9.18 Å². The number of pyridine rings is 1. The van der Waals surface area contributed by atoms with Gasteiger partial charge in [-0.1, -0.05) is 26.0 Å². The van der Waals surface area contributed by atoms with Gasteiger partial charge in [0.2, 0.25) is 5.91 Å². The number of nitrogens with zero attached hydrogens (tertiary/aromatic N) is 1. The zero-order valence-corrected chi connectivity index (χ0v) is 14.9. The zero-order chi connectivity index (χ0) is 17.8. The fourth-order valence-corrected chi connectivity index (χ4v) is 3.59. The Bertz CT molecular complexity index is 857. The molecule has 128 valence electrons. The highest BCUT2D eigenvalue weighted by Gasteiger charge is 2.14. The molecule has 1 aromatic carbocycles. The standard InChI is InChI=1S/C20H19FN2OS/c1-13(2)20(24)23-12-17-11-18(14-7-9-22-10-8-14)19(25-17)15-3-5-16(21)6-4-15/h3-11,13H,12H2,1-2H3,(H,23,24). The van der Waals surface area contributed by atoms with E-state index in [1.807, 2.05) is 26.0 Å². The predicted molar refractivity (Wildman–Crippen MR) is 99.6 cm³/mol. The second-order valence-corrected chi connectivity index (χ2v) is 7.21. The largest absolute Gasteiger partial charge is 0.351 e. The van der Waals surface area contributed by atoms with E-state index in [-0.39, 0.29) is 17.6 Å². The molecule has 1 amide bonds. The molecule has 3 aromatic rings. The number of amides is 1. The number of benzene rings is 1. The maximum atomic E-state index is 13.3. The number of carbonyl (C=O) groups excluding carboxylic acids is 1. The molecule has 0 bridgehead atoms. The Morgan fingerprint density at radius 3 is 2.44 bits per heavy atom. The molecule has 0 saturated carbocycles. The van der Waals surface area contributed by atoms with Crippen LogP contribution in [-0.2, 0) is 11.3 Å². The molecule has 0 radical (unpaired) electrons. The first-order valence-electron chi connectivity index (χ1n) is 8.11. The second kappa shape index (κ2) is 7.57. The van der Waals surface area contributed by atoms with Crippen LogP contribution in [0.1, 0.15) is 18.7 Å². The average Bonchev–Trinajstić information content (AvgIpc) is 3.05. The smallest absolute Gasteiger partial charge is 0.222 e. The predicted octanol–water partition coefficient (Wildman–Crippen LogP) is 4.89. The summed E-state index contributed by atoms with van der Waals surface area (Å²) in [4.78, 5) is 18.0. The van der Waals surface area contributed by atoms with Gasteiger partial charge in [-0.05, 0) is 41.5 Å². The van der Waals surface area contributed by atoms with Crippen LogP contribution in [0.2, 0.25) is 0 Å². The summed E-state index contributed by atoms with van der Waals surface area (Å²) in [6, 6.07) is 12.5. The Morgan fingerprint density at radius 1 is 1.12 bits per heavy atom. The molecule has 0 aliphatic rings. The normalized spacial score (nSPS) is 10.9. The van der Waals surface area contributed by atoms with Crippen LogP contribution in [0, 0.1) is 11.7 Å². The van der Waals surface area contributed by atoms with E-state index >= 15 is 0 Å². The second-order valence-electron chi connectivity index (χ2n) is 6.07. The first-order chi connectivity index (χ1) is 12.0. The highest BCUT2D eigenvalue weighted by Crippen LogP contribution is 2.39. The van der Waals surface area contributed by atoms with E-state index in [2.05, 4.69) is 16.4 Å². The third-order valence-corrected chi connectivity index (χ3v) is 5.03. The fourth-order valence-electron chi connectivity index (χ4n) is 2.47. The van der Waals surface area contributed by atoms with Crippen molar-refractivity contribution in [1.29, 1.82) is 0 Å². The highest BCUT2D eigenvalue weighted by atomic mass is 32.1. The topological polar surface area (TPSA) is 42.0 Å². The maximum absolute atomic E-state index is 13.3. The molecular formula is C20H19FN2OS. The van der Waals surface area contributed by atoms with Crippen molar-refractivity contribution in [3.05, 3.63) is 65.6 Å². The summed E-state index contributed by atoms with van der Waals surface area (Å²) in [5.74, 6) is -0.270. The molecule has 0 fully saturated rings. The lowest BCUT2D eigenvalue weighted by Gasteiger charge is -2.05. The number of carbonyl (C=O) groups is 1. The van der Waals surface area contributed by atoms with Crippen molar-refractivity contribution in [2.24, 2.45) is 5.92 Å². The van der Waals surface area contributed by atoms with E-state index in [4.69, 9.17) is 0 Å². The van der Waals surface area contributed by atoms with E-state index in [1.54, 1.807) is 35.9 Å². The summed E-state index contributed by atoms with van der Waals surface area (Å²) >= 11 is 1.61. The molecule has 0 aliphatic heterocycles. The molecule has 0 saturated heterocycles. The van der Waals surface area contributed by atoms with Gasteiger partial charge in [0, 0.05) is 33.6 Å². The van der Waals surface area contributed by atoms with Crippen LogP contribution in [-0.4, -0.2) is 10.9 Å². The lowest BCUT2D eigenvalue weighted by molar-refractivity contribution is -0.124. The van der Waals surface area contributed by atoms with Crippen LogP contribution in [0.15, 0.2) is 54.9 Å². The van der Waals surface area contributed by atoms with E-state index in [9.17, 15) is 9.18 Å². The Hall–Kier alpha value is -2.53. The minimum Gasteiger partial charge on any atom is -0.351 e. The maximum Gasteiger partial charge on any atom is 0.222 e. The van der Waals surface area contributed by atoms with Crippen molar-refractivity contribution in [1.82, 2.24) is 10.3 Å². The Balaban J connectivity index is 1.97. The lowest BCUT2D eigenvalue weighted by Crippen LogP contribution is -2.26. The van der Waals surface area contributed by atoms with Gasteiger partial charge in [0.25, 0.3) is 0 Å². The molecule has 25 heavy (non-hydrogen) atoms. The summed E-state index contributed by atoms with van der Waals surface area (Å²) < 4.78 is 13.3. The summed E-state index contributed by atoms with van der Waals surface area (Å²) in [5, 5.41) is 2.95. The van der Waals surface area contributed by atoms with Crippen LogP contribution in [0.25, 0.3) is 21.6 Å². The average molecular weight is 354 g/mol. The monoisotopic (exact) mass is 354 g/mol. The van der Waals surface area contributed by atoms with Crippen molar-refractivity contribution in [2.45, 2.75) is 20.4 Å². The molecule has 3 rings (SSSR count). The Labute approximate surface area is 150 Å². The molecule has 0 unspecified atom stereocenters. The molecule has 0 atom stereocenters. The highest BCUT2D eigenvalue weighted by molar-refractivity contribution is 7.16. The van der Waals surface area contributed by atoms with Gasteiger partial charge in [-0.25, -0.2) is 4.39 Å². The third kappa shape index (κ3) is 4.12. The van der Waals surface area contributed by atoms with Crippen molar-refractivity contribution in [3.63, 3.8) is 0 Å². The molecule has 5 heteroatoms. The molecule has 2 aromatic heterocycles. The van der Waals surface area contributed by atoms with E-state index in [1.165, 1.54) is 12.1 Å². The van der Waals surface area contributed by atoms with Crippen molar-refractivity contribution in [2.75, 3.05) is 0 Å². The number of halogens is 1. The quantitative estimate of drug-likeness (QED) is 0.709. The Morgan fingerprint density at radius 2 is 1.80 bits per heavy atom. The van der Waals surface area contributed by atoms with Gasteiger partial charge in [0.15, 0.2) is 0 Å². The summed E-state index contributed by atoms with van der Waals surface area (Å²) in [7, 11) is 0. The van der Waals surface area contributed by atoms with Crippen LogP contribution >= 0.6 is 11.3 Å². The number of rotatable bonds is 5. The van der Waals surface area contributed by atoms with Gasteiger partial charge in [-0.3, -0.25) is 9.78 Å². The molecule has 2 heterocycles. The third-order valence-electron chi connectivity index (χ3n) is 3.84. The van der Waals surface area contributed by atoms with E-state index < -0.39 is 0 Å². The van der Waals surface area contributed by atoms with Gasteiger partial charge in [-0.2, -0.15) is 0 Å². The number of hydrogen-bond acceptors (Lipinski definition) is 3. The van der Waals surface area contributed by atoms with Crippen molar-refractivity contribution >= 4 is 17.2 Å². The SMILES string of the molecule is CC(C)C(=O)NCc1cc(-c2ccncc2)c(-c2ccc(F)cc2)s1. The molecule has 0 spiro atoms. The lowest BCUT2D eigenvalue weighted by atomic mass is 10.0.